The van der Waals surface area contributed by atoms with E-state index in [-0.39, 0.29) is 17.1 Å². The quantitative estimate of drug-likeness (QED) is 0.723. The van der Waals surface area contributed by atoms with Crippen molar-refractivity contribution in [1.29, 1.82) is 0 Å². The smallest absolute Gasteiger partial charge is 0.128 e. The monoisotopic (exact) mass is 435 g/mol. The zero-order chi connectivity index (χ0) is 15.6. The van der Waals surface area contributed by atoms with Crippen LogP contribution < -0.4 is 5.73 Å². The normalized spacial score (nSPS) is 14.0. The van der Waals surface area contributed by atoms with Crippen LogP contribution in [0.25, 0.3) is 0 Å². The fraction of sp³-hybridized carbons (Fsp3) is 0.200. The minimum absolute atomic E-state index is 0.0753. The van der Waals surface area contributed by atoms with Gasteiger partial charge in [-0.1, -0.05) is 49.5 Å². The first-order chi connectivity index (χ1) is 9.93. The van der Waals surface area contributed by atoms with Crippen LogP contribution in [0.15, 0.2) is 45.3 Å². The van der Waals surface area contributed by atoms with Crippen molar-refractivity contribution in [1.82, 2.24) is 0 Å². The summed E-state index contributed by atoms with van der Waals surface area (Å²) in [6.07, 6.45) is -0.960. The molecule has 0 saturated heterocycles. The molecular formula is C15H13Br2ClFNO. The van der Waals surface area contributed by atoms with E-state index in [1.165, 1.54) is 12.1 Å². The Morgan fingerprint density at radius 2 is 1.81 bits per heavy atom. The molecule has 0 aliphatic heterocycles. The van der Waals surface area contributed by atoms with Gasteiger partial charge in [0.15, 0.2) is 0 Å². The van der Waals surface area contributed by atoms with Gasteiger partial charge in [0.1, 0.15) is 5.82 Å². The number of hydrogen-bond donors (Lipinski definition) is 2. The first-order valence-electron chi connectivity index (χ1n) is 6.22. The molecule has 0 radical (unpaired) electrons. The highest BCUT2D eigenvalue weighted by Crippen LogP contribution is 2.37. The first-order valence-corrected chi connectivity index (χ1v) is 8.18. The van der Waals surface area contributed by atoms with Crippen molar-refractivity contribution >= 4 is 43.5 Å². The standard InChI is InChI=1S/C15H13Br2ClFNO/c16-9-4-8(5-10(17)6-9)15(21)11(7-20)14-12(18)2-1-3-13(14)19/h1-6,11,15,21H,7,20H2. The lowest BCUT2D eigenvalue weighted by Gasteiger charge is -2.24. The van der Waals surface area contributed by atoms with Crippen LogP contribution in [-0.2, 0) is 0 Å². The Morgan fingerprint density at radius 1 is 1.19 bits per heavy atom. The van der Waals surface area contributed by atoms with Gasteiger partial charge in [0, 0.05) is 32.0 Å². The molecule has 0 fully saturated rings. The predicted molar refractivity (Wildman–Crippen MR) is 90.0 cm³/mol. The summed E-state index contributed by atoms with van der Waals surface area (Å²) < 4.78 is 15.7. The van der Waals surface area contributed by atoms with Gasteiger partial charge in [-0.25, -0.2) is 4.39 Å². The minimum atomic E-state index is -0.960. The van der Waals surface area contributed by atoms with Gasteiger partial charge < -0.3 is 10.8 Å². The summed E-state index contributed by atoms with van der Waals surface area (Å²) in [6.45, 7) is 0.0753. The molecule has 21 heavy (non-hydrogen) atoms. The van der Waals surface area contributed by atoms with Crippen LogP contribution in [0.2, 0.25) is 5.02 Å². The topological polar surface area (TPSA) is 46.2 Å². The van der Waals surface area contributed by atoms with Gasteiger partial charge in [-0.15, -0.1) is 0 Å². The van der Waals surface area contributed by atoms with E-state index in [1.807, 2.05) is 6.07 Å². The van der Waals surface area contributed by atoms with Crippen LogP contribution in [0.1, 0.15) is 23.1 Å². The van der Waals surface area contributed by atoms with Gasteiger partial charge in [0.05, 0.1) is 6.10 Å². The fourth-order valence-corrected chi connectivity index (χ4v) is 3.88. The second kappa shape index (κ2) is 7.20. The van der Waals surface area contributed by atoms with Crippen LogP contribution in [0.3, 0.4) is 0 Å². The number of nitrogens with two attached hydrogens (primary N) is 1. The summed E-state index contributed by atoms with van der Waals surface area (Å²) in [5.74, 6) is -1.09. The molecule has 0 aliphatic rings. The molecule has 2 unspecified atom stereocenters. The Bertz CT molecular complexity index is 613. The van der Waals surface area contributed by atoms with Gasteiger partial charge in [-0.05, 0) is 35.9 Å². The molecule has 0 saturated carbocycles. The molecule has 3 N–H and O–H groups in total. The lowest BCUT2D eigenvalue weighted by Crippen LogP contribution is -2.21. The summed E-state index contributed by atoms with van der Waals surface area (Å²) in [5.41, 5.74) is 6.62. The predicted octanol–water partition coefficient (Wildman–Crippen LogP) is 4.78. The summed E-state index contributed by atoms with van der Waals surface area (Å²) in [4.78, 5) is 0. The SMILES string of the molecule is NCC(c1c(F)cccc1Cl)C(O)c1cc(Br)cc(Br)c1. The maximum atomic E-state index is 14.1. The third-order valence-electron chi connectivity index (χ3n) is 3.23. The van der Waals surface area contributed by atoms with Crippen molar-refractivity contribution in [3.05, 3.63) is 67.3 Å². The minimum Gasteiger partial charge on any atom is -0.388 e. The van der Waals surface area contributed by atoms with E-state index in [1.54, 1.807) is 18.2 Å². The zero-order valence-corrected chi connectivity index (χ0v) is 14.8. The van der Waals surface area contributed by atoms with E-state index in [0.29, 0.717) is 5.56 Å². The molecule has 0 bridgehead atoms. The Balaban J connectivity index is 2.45. The molecule has 6 heteroatoms. The van der Waals surface area contributed by atoms with Crippen molar-refractivity contribution in [3.8, 4) is 0 Å². The molecule has 2 aromatic rings. The molecule has 2 nitrogen and oxygen atoms in total. The lowest BCUT2D eigenvalue weighted by atomic mass is 9.89. The highest BCUT2D eigenvalue weighted by Gasteiger charge is 2.26. The van der Waals surface area contributed by atoms with E-state index >= 15 is 0 Å². The average Bonchev–Trinajstić information content (AvgIpc) is 2.41. The maximum Gasteiger partial charge on any atom is 0.128 e. The van der Waals surface area contributed by atoms with Crippen LogP contribution in [0.4, 0.5) is 4.39 Å². The number of aliphatic hydroxyl groups excluding tert-OH is 1. The first kappa shape index (κ1) is 16.9. The second-order valence-electron chi connectivity index (χ2n) is 4.63. The summed E-state index contributed by atoms with van der Waals surface area (Å²) >= 11 is 12.8. The summed E-state index contributed by atoms with van der Waals surface area (Å²) in [6, 6.07) is 9.82. The number of benzene rings is 2. The van der Waals surface area contributed by atoms with Crippen molar-refractivity contribution < 1.29 is 9.50 Å². The van der Waals surface area contributed by atoms with E-state index < -0.39 is 17.8 Å². The van der Waals surface area contributed by atoms with Crippen molar-refractivity contribution in [3.63, 3.8) is 0 Å². The number of hydrogen-bond acceptors (Lipinski definition) is 2. The van der Waals surface area contributed by atoms with Crippen molar-refractivity contribution in [2.45, 2.75) is 12.0 Å². The van der Waals surface area contributed by atoms with Gasteiger partial charge in [0.2, 0.25) is 0 Å². The zero-order valence-electron chi connectivity index (χ0n) is 10.9. The Morgan fingerprint density at radius 3 is 2.33 bits per heavy atom. The van der Waals surface area contributed by atoms with Crippen molar-refractivity contribution in [2.75, 3.05) is 6.54 Å². The Hall–Kier alpha value is -0.460. The Labute approximate surface area is 144 Å². The molecule has 0 amide bonds. The van der Waals surface area contributed by atoms with E-state index in [0.717, 1.165) is 8.95 Å². The number of halogens is 4. The van der Waals surface area contributed by atoms with Gasteiger partial charge in [-0.2, -0.15) is 0 Å². The van der Waals surface area contributed by atoms with Crippen LogP contribution in [-0.4, -0.2) is 11.7 Å². The number of rotatable bonds is 4. The highest BCUT2D eigenvalue weighted by molar-refractivity contribution is 9.11. The van der Waals surface area contributed by atoms with Crippen LogP contribution in [0.5, 0.6) is 0 Å². The maximum absolute atomic E-state index is 14.1. The summed E-state index contributed by atoms with van der Waals surface area (Å²) in [5, 5.41) is 10.8. The van der Waals surface area contributed by atoms with E-state index in [2.05, 4.69) is 31.9 Å². The van der Waals surface area contributed by atoms with Gasteiger partial charge >= 0.3 is 0 Å². The largest absolute Gasteiger partial charge is 0.388 e. The Kier molecular flexibility index (Phi) is 5.80. The molecule has 0 aromatic heterocycles. The van der Waals surface area contributed by atoms with E-state index in [4.69, 9.17) is 17.3 Å². The van der Waals surface area contributed by atoms with Gasteiger partial charge in [-0.3, -0.25) is 0 Å². The molecule has 112 valence electrons. The second-order valence-corrected chi connectivity index (χ2v) is 6.86. The van der Waals surface area contributed by atoms with Crippen LogP contribution in [0, 0.1) is 5.82 Å². The van der Waals surface area contributed by atoms with E-state index in [9.17, 15) is 9.50 Å². The summed E-state index contributed by atoms with van der Waals surface area (Å²) in [7, 11) is 0. The molecule has 2 atom stereocenters. The van der Waals surface area contributed by atoms with Crippen LogP contribution >= 0.6 is 43.5 Å². The molecule has 2 rings (SSSR count). The third kappa shape index (κ3) is 3.85. The number of aliphatic hydroxyl groups is 1. The lowest BCUT2D eigenvalue weighted by molar-refractivity contribution is 0.145. The molecular weight excluding hydrogens is 424 g/mol. The molecule has 0 spiro atoms. The average molecular weight is 438 g/mol. The highest BCUT2D eigenvalue weighted by atomic mass is 79.9. The van der Waals surface area contributed by atoms with Gasteiger partial charge in [0.25, 0.3) is 0 Å². The molecule has 2 aromatic carbocycles. The fourth-order valence-electron chi connectivity index (χ4n) is 2.25. The molecule has 0 aliphatic carbocycles. The third-order valence-corrected chi connectivity index (χ3v) is 4.48. The molecule has 0 heterocycles. The van der Waals surface area contributed by atoms with Crippen molar-refractivity contribution in [2.24, 2.45) is 5.73 Å².